The molecule has 0 saturated heterocycles. The van der Waals surface area contributed by atoms with Gasteiger partial charge in [-0.25, -0.2) is 8.42 Å². The number of aromatic nitrogens is 2. The Morgan fingerprint density at radius 2 is 1.86 bits per heavy atom. The monoisotopic (exact) mass is 401 g/mol. The van der Waals surface area contributed by atoms with Gasteiger partial charge < -0.3 is 14.0 Å². The average Bonchev–Trinajstić information content (AvgIpc) is 3.04. The van der Waals surface area contributed by atoms with Gasteiger partial charge in [-0.1, -0.05) is 11.2 Å². The molecule has 2 aromatic heterocycles. The summed E-state index contributed by atoms with van der Waals surface area (Å²) < 4.78 is 43.5. The minimum absolute atomic E-state index is 0.0383. The van der Waals surface area contributed by atoms with Gasteiger partial charge in [0.2, 0.25) is 10.0 Å². The van der Waals surface area contributed by atoms with E-state index >= 15 is 0 Å². The van der Waals surface area contributed by atoms with E-state index in [1.54, 1.807) is 30.5 Å². The first-order valence-electron chi connectivity index (χ1n) is 8.77. The molecule has 0 unspecified atom stereocenters. The van der Waals surface area contributed by atoms with Crippen molar-refractivity contribution in [2.24, 2.45) is 0 Å². The van der Waals surface area contributed by atoms with Gasteiger partial charge in [0.15, 0.2) is 17.3 Å². The lowest BCUT2D eigenvalue weighted by Crippen LogP contribution is -2.26. The summed E-state index contributed by atoms with van der Waals surface area (Å²) in [7, 11) is -2.26. The van der Waals surface area contributed by atoms with Crippen LogP contribution in [0.25, 0.3) is 11.4 Å². The molecular formula is C19H19N3O5S. The van der Waals surface area contributed by atoms with Crippen LogP contribution in [0.3, 0.4) is 0 Å². The van der Waals surface area contributed by atoms with Crippen LogP contribution in [0.2, 0.25) is 0 Å². The fourth-order valence-electron chi connectivity index (χ4n) is 2.81. The van der Waals surface area contributed by atoms with Crippen molar-refractivity contribution in [2.45, 2.75) is 17.9 Å². The molecule has 0 N–H and O–H groups in total. The van der Waals surface area contributed by atoms with Crippen LogP contribution in [0.4, 0.5) is 0 Å². The molecule has 9 heteroatoms. The Morgan fingerprint density at radius 1 is 1.04 bits per heavy atom. The third kappa shape index (κ3) is 3.71. The van der Waals surface area contributed by atoms with Gasteiger partial charge in [0.1, 0.15) is 5.69 Å². The van der Waals surface area contributed by atoms with Gasteiger partial charge in [0.05, 0.1) is 30.3 Å². The summed E-state index contributed by atoms with van der Waals surface area (Å²) in [6.45, 7) is 1.07. The lowest BCUT2D eigenvalue weighted by atomic mass is 10.2. The molecule has 0 atom stereocenters. The first-order valence-corrected chi connectivity index (χ1v) is 10.2. The summed E-state index contributed by atoms with van der Waals surface area (Å²) in [5.74, 6) is 1.40. The molecule has 4 rings (SSSR count). The van der Waals surface area contributed by atoms with Crippen LogP contribution in [0.5, 0.6) is 11.5 Å². The maximum atomic E-state index is 12.9. The van der Waals surface area contributed by atoms with E-state index in [1.165, 1.54) is 23.5 Å². The molecule has 1 aliphatic heterocycles. The Bertz CT molecular complexity index is 1070. The third-order valence-corrected chi connectivity index (χ3v) is 6.09. The van der Waals surface area contributed by atoms with Crippen LogP contribution in [-0.4, -0.2) is 43.1 Å². The van der Waals surface area contributed by atoms with Crippen molar-refractivity contribution in [1.29, 1.82) is 0 Å². The number of rotatable bonds is 5. The van der Waals surface area contributed by atoms with E-state index in [-0.39, 0.29) is 11.4 Å². The molecule has 0 aliphatic carbocycles. The van der Waals surface area contributed by atoms with E-state index in [4.69, 9.17) is 14.0 Å². The van der Waals surface area contributed by atoms with E-state index < -0.39 is 10.0 Å². The highest BCUT2D eigenvalue weighted by Crippen LogP contribution is 2.33. The van der Waals surface area contributed by atoms with Gasteiger partial charge in [0.25, 0.3) is 0 Å². The minimum Gasteiger partial charge on any atom is -0.490 e. The Labute approximate surface area is 162 Å². The van der Waals surface area contributed by atoms with Crippen molar-refractivity contribution < 1.29 is 22.4 Å². The van der Waals surface area contributed by atoms with Crippen LogP contribution in [-0.2, 0) is 16.6 Å². The Morgan fingerprint density at radius 3 is 2.64 bits per heavy atom. The highest BCUT2D eigenvalue weighted by molar-refractivity contribution is 7.89. The first-order chi connectivity index (χ1) is 13.5. The van der Waals surface area contributed by atoms with Gasteiger partial charge in [0, 0.05) is 31.8 Å². The Hall–Kier alpha value is -2.91. The minimum atomic E-state index is -3.74. The summed E-state index contributed by atoms with van der Waals surface area (Å²) in [6, 6.07) is 11.8. The summed E-state index contributed by atoms with van der Waals surface area (Å²) in [4.78, 5) is 4.33. The lowest BCUT2D eigenvalue weighted by Gasteiger charge is -2.16. The maximum absolute atomic E-state index is 12.9. The van der Waals surface area contributed by atoms with Gasteiger partial charge >= 0.3 is 0 Å². The zero-order valence-electron chi connectivity index (χ0n) is 15.2. The van der Waals surface area contributed by atoms with E-state index in [0.717, 1.165) is 6.42 Å². The largest absolute Gasteiger partial charge is 0.490 e. The zero-order valence-corrected chi connectivity index (χ0v) is 16.1. The maximum Gasteiger partial charge on any atom is 0.243 e. The number of hydrogen-bond acceptors (Lipinski definition) is 7. The van der Waals surface area contributed by atoms with Crippen LogP contribution in [0.1, 0.15) is 12.2 Å². The number of nitrogens with zero attached hydrogens (tertiary/aromatic N) is 3. The van der Waals surface area contributed by atoms with Crippen LogP contribution in [0.15, 0.2) is 58.1 Å². The zero-order chi connectivity index (χ0) is 19.6. The molecule has 0 radical (unpaired) electrons. The van der Waals surface area contributed by atoms with Crippen molar-refractivity contribution >= 4 is 10.0 Å². The number of benzene rings is 1. The molecule has 0 saturated carbocycles. The van der Waals surface area contributed by atoms with Crippen molar-refractivity contribution in [2.75, 3.05) is 20.3 Å². The van der Waals surface area contributed by atoms with Crippen LogP contribution >= 0.6 is 0 Å². The standard InChI is InChI=1S/C19H19N3O5S/c1-22(13-14-11-17(21-27-14)16-5-2-3-8-20-16)28(23,24)15-6-7-18-19(12-15)26-10-4-9-25-18/h2-3,5-8,11-12H,4,9-10,13H2,1H3. The lowest BCUT2D eigenvalue weighted by molar-refractivity contribution is 0.296. The van der Waals surface area contributed by atoms with Gasteiger partial charge in [-0.2, -0.15) is 4.31 Å². The molecule has 1 aromatic carbocycles. The molecule has 0 fully saturated rings. The van der Waals surface area contributed by atoms with E-state index in [0.29, 0.717) is 41.9 Å². The van der Waals surface area contributed by atoms with Gasteiger partial charge in [-0.3, -0.25) is 4.98 Å². The van der Waals surface area contributed by atoms with Gasteiger partial charge in [-0.15, -0.1) is 0 Å². The molecule has 28 heavy (non-hydrogen) atoms. The molecule has 3 aromatic rings. The summed E-state index contributed by atoms with van der Waals surface area (Å²) in [5, 5.41) is 3.97. The van der Waals surface area contributed by atoms with Crippen LogP contribution in [0, 0.1) is 0 Å². The summed E-state index contributed by atoms with van der Waals surface area (Å²) >= 11 is 0. The topological polar surface area (TPSA) is 94.8 Å². The molecule has 8 nitrogen and oxygen atoms in total. The van der Waals surface area contributed by atoms with Crippen molar-refractivity contribution in [3.8, 4) is 22.9 Å². The Kier molecular flexibility index (Phi) is 5.01. The fraction of sp³-hybridized carbons (Fsp3) is 0.263. The molecule has 0 amide bonds. The van der Waals surface area contributed by atoms with E-state index in [2.05, 4.69) is 10.1 Å². The normalized spacial score (nSPS) is 14.1. The van der Waals surface area contributed by atoms with Crippen molar-refractivity contribution in [3.63, 3.8) is 0 Å². The second-order valence-electron chi connectivity index (χ2n) is 6.31. The number of hydrogen-bond donors (Lipinski definition) is 0. The molecule has 1 aliphatic rings. The number of ether oxygens (including phenoxy) is 2. The molecule has 146 valence electrons. The fourth-order valence-corrected chi connectivity index (χ4v) is 3.96. The second-order valence-corrected chi connectivity index (χ2v) is 8.36. The predicted molar refractivity (Wildman–Crippen MR) is 100 cm³/mol. The second kappa shape index (κ2) is 7.61. The number of sulfonamides is 1. The average molecular weight is 401 g/mol. The third-order valence-electron chi connectivity index (χ3n) is 4.29. The van der Waals surface area contributed by atoms with Crippen molar-refractivity contribution in [1.82, 2.24) is 14.4 Å². The number of fused-ring (bicyclic) bond motifs is 1. The smallest absolute Gasteiger partial charge is 0.243 e. The summed E-state index contributed by atoms with van der Waals surface area (Å²) in [5.41, 5.74) is 1.21. The molecule has 0 bridgehead atoms. The molecular weight excluding hydrogens is 382 g/mol. The molecule has 3 heterocycles. The summed E-state index contributed by atoms with van der Waals surface area (Å²) in [6.07, 6.45) is 2.41. The van der Waals surface area contributed by atoms with Gasteiger partial charge in [-0.05, 0) is 24.3 Å². The highest BCUT2D eigenvalue weighted by Gasteiger charge is 2.25. The molecule has 0 spiro atoms. The Balaban J connectivity index is 1.54. The number of pyridine rings is 1. The van der Waals surface area contributed by atoms with E-state index in [1.807, 2.05) is 6.07 Å². The van der Waals surface area contributed by atoms with Crippen LogP contribution < -0.4 is 9.47 Å². The first kappa shape index (κ1) is 18.5. The van der Waals surface area contributed by atoms with E-state index in [9.17, 15) is 8.42 Å². The quantitative estimate of drug-likeness (QED) is 0.649. The SMILES string of the molecule is CN(Cc1cc(-c2ccccn2)no1)S(=O)(=O)c1ccc2c(c1)OCCCO2. The van der Waals surface area contributed by atoms with Crippen molar-refractivity contribution in [3.05, 3.63) is 54.4 Å². The highest BCUT2D eigenvalue weighted by atomic mass is 32.2. The predicted octanol–water partition coefficient (Wildman–Crippen LogP) is 2.72.